The third-order valence-corrected chi connectivity index (χ3v) is 6.42. The summed E-state index contributed by atoms with van der Waals surface area (Å²) in [7, 11) is 3.58. The van der Waals surface area contributed by atoms with Crippen LogP contribution >= 0.6 is 11.6 Å². The minimum absolute atomic E-state index is 0.0180. The van der Waals surface area contributed by atoms with Crippen molar-refractivity contribution in [2.45, 2.75) is 32.1 Å². The van der Waals surface area contributed by atoms with Crippen molar-refractivity contribution in [3.8, 4) is 0 Å². The van der Waals surface area contributed by atoms with Crippen molar-refractivity contribution >= 4 is 34.1 Å². The molecule has 1 amide bonds. The first kappa shape index (κ1) is 20.8. The van der Waals surface area contributed by atoms with Gasteiger partial charge in [-0.1, -0.05) is 31.9 Å². The zero-order chi connectivity index (χ0) is 21.4. The number of rotatable bonds is 7. The number of carbonyl (C=O) groups is 1. The molecule has 30 heavy (non-hydrogen) atoms. The summed E-state index contributed by atoms with van der Waals surface area (Å²) in [5, 5.41) is 9.91. The summed E-state index contributed by atoms with van der Waals surface area (Å²) in [5.41, 5.74) is 2.15. The third kappa shape index (κ3) is 3.94. The van der Waals surface area contributed by atoms with Crippen molar-refractivity contribution in [3.05, 3.63) is 52.9 Å². The van der Waals surface area contributed by atoms with Gasteiger partial charge in [-0.25, -0.2) is 4.98 Å². The zero-order valence-corrected chi connectivity index (χ0v) is 18.5. The van der Waals surface area contributed by atoms with E-state index in [1.54, 1.807) is 18.0 Å². The Hall–Kier alpha value is -2.44. The Balaban J connectivity index is 1.54. The predicted molar refractivity (Wildman–Crippen MR) is 119 cm³/mol. The smallest absolute Gasteiger partial charge is 0.229 e. The fourth-order valence-electron chi connectivity index (χ4n) is 4.48. The first-order chi connectivity index (χ1) is 14.4. The van der Waals surface area contributed by atoms with Crippen LogP contribution in [-0.2, 0) is 16.6 Å². The Morgan fingerprint density at radius 3 is 2.77 bits per heavy atom. The van der Waals surface area contributed by atoms with Crippen LogP contribution in [-0.4, -0.2) is 34.4 Å². The second-order valence-electron chi connectivity index (χ2n) is 8.21. The standard InChI is InChI=1S/C23H27ClN4O2/c1-5-17-21(16-10-26-28(3)11-16)22(17)23(29)27-20-8-14-6-18(13(2)12-30-4)19(24)7-15(14)9-25-20/h6-11,13,17,21-22H,5,12H2,1-4H3,(H,25,27,29). The maximum atomic E-state index is 13.0. The van der Waals surface area contributed by atoms with Gasteiger partial charge in [-0.05, 0) is 40.6 Å². The maximum absolute atomic E-state index is 13.0. The molecule has 4 rings (SSSR count). The van der Waals surface area contributed by atoms with Crippen LogP contribution in [0.3, 0.4) is 0 Å². The van der Waals surface area contributed by atoms with Crippen LogP contribution in [0.1, 0.15) is 43.2 Å². The Labute approximate surface area is 181 Å². The lowest BCUT2D eigenvalue weighted by Gasteiger charge is -2.14. The Kier molecular flexibility index (Phi) is 5.80. The summed E-state index contributed by atoms with van der Waals surface area (Å²) in [4.78, 5) is 17.4. The molecule has 0 radical (unpaired) electrons. The van der Waals surface area contributed by atoms with Crippen molar-refractivity contribution in [1.29, 1.82) is 0 Å². The number of methoxy groups -OCH3 is 1. The normalized spacial score (nSPS) is 21.6. The van der Waals surface area contributed by atoms with E-state index in [9.17, 15) is 4.79 Å². The van der Waals surface area contributed by atoms with Gasteiger partial charge in [0.1, 0.15) is 5.82 Å². The van der Waals surface area contributed by atoms with Crippen LogP contribution in [0.15, 0.2) is 36.8 Å². The Morgan fingerprint density at radius 2 is 2.10 bits per heavy atom. The molecule has 4 unspecified atom stereocenters. The van der Waals surface area contributed by atoms with E-state index in [0.29, 0.717) is 23.4 Å². The number of benzene rings is 1. The quantitative estimate of drug-likeness (QED) is 0.591. The highest BCUT2D eigenvalue weighted by Crippen LogP contribution is 2.56. The number of pyridine rings is 1. The molecule has 1 aliphatic carbocycles. The largest absolute Gasteiger partial charge is 0.384 e. The third-order valence-electron chi connectivity index (χ3n) is 6.09. The van der Waals surface area contributed by atoms with Gasteiger partial charge < -0.3 is 10.1 Å². The van der Waals surface area contributed by atoms with Gasteiger partial charge in [0.2, 0.25) is 5.91 Å². The first-order valence-electron chi connectivity index (χ1n) is 10.3. The van der Waals surface area contributed by atoms with Gasteiger partial charge in [0.15, 0.2) is 0 Å². The molecule has 3 aromatic rings. The molecule has 1 fully saturated rings. The Bertz CT molecular complexity index is 1080. The summed E-state index contributed by atoms with van der Waals surface area (Å²) in [6.07, 6.45) is 6.58. The molecule has 1 N–H and O–H groups in total. The van der Waals surface area contributed by atoms with Crippen molar-refractivity contribution in [2.75, 3.05) is 19.0 Å². The molecule has 0 aliphatic heterocycles. The number of amides is 1. The van der Waals surface area contributed by atoms with Crippen LogP contribution < -0.4 is 5.32 Å². The number of nitrogens with zero attached hydrogens (tertiary/aromatic N) is 3. The van der Waals surface area contributed by atoms with Gasteiger partial charge >= 0.3 is 0 Å². The lowest BCUT2D eigenvalue weighted by Crippen LogP contribution is -2.16. The van der Waals surface area contributed by atoms with E-state index < -0.39 is 0 Å². The molecule has 6 nitrogen and oxygen atoms in total. The number of nitrogens with one attached hydrogen (secondary N) is 1. The number of hydrogen-bond acceptors (Lipinski definition) is 4. The molecule has 158 valence electrons. The summed E-state index contributed by atoms with van der Waals surface area (Å²) in [6, 6.07) is 5.89. The van der Waals surface area contributed by atoms with Crippen LogP contribution in [0.4, 0.5) is 5.82 Å². The van der Waals surface area contributed by atoms with Crippen LogP contribution in [0, 0.1) is 11.8 Å². The molecular formula is C23H27ClN4O2. The van der Waals surface area contributed by atoms with E-state index in [-0.39, 0.29) is 23.7 Å². The summed E-state index contributed by atoms with van der Waals surface area (Å²) in [5.74, 6) is 1.28. The number of hydrogen-bond donors (Lipinski definition) is 1. The molecule has 0 spiro atoms. The minimum atomic E-state index is -0.0424. The number of halogens is 1. The van der Waals surface area contributed by atoms with Crippen LogP contribution in [0.25, 0.3) is 10.8 Å². The van der Waals surface area contributed by atoms with E-state index in [2.05, 4.69) is 35.3 Å². The van der Waals surface area contributed by atoms with Crippen LogP contribution in [0.5, 0.6) is 0 Å². The van der Waals surface area contributed by atoms with E-state index in [0.717, 1.165) is 28.3 Å². The summed E-state index contributed by atoms with van der Waals surface area (Å²) < 4.78 is 7.05. The topological polar surface area (TPSA) is 69.0 Å². The molecule has 7 heteroatoms. The highest BCUT2D eigenvalue weighted by atomic mass is 35.5. The molecule has 2 heterocycles. The molecule has 2 aromatic heterocycles. The van der Waals surface area contributed by atoms with E-state index in [1.807, 2.05) is 31.6 Å². The van der Waals surface area contributed by atoms with Gasteiger partial charge in [-0.2, -0.15) is 5.10 Å². The number of anilines is 1. The molecule has 1 aliphatic rings. The number of ether oxygens (including phenoxy) is 1. The molecule has 1 aromatic carbocycles. The van der Waals surface area contributed by atoms with Crippen molar-refractivity contribution in [1.82, 2.24) is 14.8 Å². The number of aryl methyl sites for hydroxylation is 1. The van der Waals surface area contributed by atoms with Crippen molar-refractivity contribution < 1.29 is 9.53 Å². The van der Waals surface area contributed by atoms with E-state index in [4.69, 9.17) is 16.3 Å². The van der Waals surface area contributed by atoms with Gasteiger partial charge in [0.05, 0.1) is 12.8 Å². The number of carbonyl (C=O) groups excluding carboxylic acids is 1. The van der Waals surface area contributed by atoms with Crippen molar-refractivity contribution in [2.24, 2.45) is 18.9 Å². The molecule has 4 atom stereocenters. The van der Waals surface area contributed by atoms with E-state index >= 15 is 0 Å². The number of aromatic nitrogens is 3. The average molecular weight is 427 g/mol. The fraction of sp³-hybridized carbons (Fsp3) is 0.435. The van der Waals surface area contributed by atoms with E-state index in [1.165, 1.54) is 0 Å². The minimum Gasteiger partial charge on any atom is -0.384 e. The average Bonchev–Trinajstić information content (AvgIpc) is 3.31. The highest BCUT2D eigenvalue weighted by Gasteiger charge is 2.54. The highest BCUT2D eigenvalue weighted by molar-refractivity contribution is 6.32. The second kappa shape index (κ2) is 8.36. The lowest BCUT2D eigenvalue weighted by molar-refractivity contribution is -0.117. The van der Waals surface area contributed by atoms with Crippen molar-refractivity contribution in [3.63, 3.8) is 0 Å². The van der Waals surface area contributed by atoms with Gasteiger partial charge in [-0.15, -0.1) is 0 Å². The van der Waals surface area contributed by atoms with Gasteiger partial charge in [0.25, 0.3) is 0 Å². The summed E-state index contributed by atoms with van der Waals surface area (Å²) in [6.45, 7) is 4.80. The maximum Gasteiger partial charge on any atom is 0.229 e. The van der Waals surface area contributed by atoms with Crippen LogP contribution in [0.2, 0.25) is 5.02 Å². The predicted octanol–water partition coefficient (Wildman–Crippen LogP) is 4.75. The SMILES string of the molecule is CCC1C(C(=O)Nc2cc3cc(C(C)COC)c(Cl)cc3cn2)C1c1cnn(C)c1. The Morgan fingerprint density at radius 1 is 1.30 bits per heavy atom. The fourth-order valence-corrected chi connectivity index (χ4v) is 4.84. The van der Waals surface area contributed by atoms with Gasteiger partial charge in [-0.3, -0.25) is 9.48 Å². The first-order valence-corrected chi connectivity index (χ1v) is 10.7. The second-order valence-corrected chi connectivity index (χ2v) is 8.61. The zero-order valence-electron chi connectivity index (χ0n) is 17.7. The molecule has 0 saturated heterocycles. The summed E-state index contributed by atoms with van der Waals surface area (Å²) >= 11 is 6.46. The monoisotopic (exact) mass is 426 g/mol. The lowest BCUT2D eigenvalue weighted by atomic mass is 9.99. The molecular weight excluding hydrogens is 400 g/mol. The molecule has 0 bridgehead atoms. The molecule has 1 saturated carbocycles. The van der Waals surface area contributed by atoms with Gasteiger partial charge in [0, 0.05) is 54.7 Å². The number of fused-ring (bicyclic) bond motifs is 1.